The van der Waals surface area contributed by atoms with Crippen molar-refractivity contribution in [2.45, 2.75) is 13.0 Å². The van der Waals surface area contributed by atoms with E-state index in [1.807, 2.05) is 17.8 Å². The molecule has 0 aliphatic rings. The monoisotopic (exact) mass is 263 g/mol. The molecular formula is C14H18FN3O. The number of methoxy groups -OCH3 is 1. The predicted octanol–water partition coefficient (Wildman–Crippen LogP) is 1.90. The van der Waals surface area contributed by atoms with E-state index in [1.54, 1.807) is 24.4 Å². The number of nitrogens with zero attached hydrogens (tertiary/aromatic N) is 2. The molecule has 0 atom stereocenters. The molecule has 0 fully saturated rings. The number of aryl methyl sites for hydroxylation is 1. The Kier molecular flexibility index (Phi) is 4.52. The summed E-state index contributed by atoms with van der Waals surface area (Å²) in [5, 5.41) is 3.21. The second kappa shape index (κ2) is 6.33. The Labute approximate surface area is 112 Å². The maximum absolute atomic E-state index is 13.9. The molecule has 1 heterocycles. The molecule has 2 rings (SSSR count). The van der Waals surface area contributed by atoms with Gasteiger partial charge in [0.15, 0.2) is 11.6 Å². The van der Waals surface area contributed by atoms with Crippen molar-refractivity contribution in [2.24, 2.45) is 7.05 Å². The van der Waals surface area contributed by atoms with Gasteiger partial charge in [0, 0.05) is 44.5 Å². The van der Waals surface area contributed by atoms with E-state index < -0.39 is 0 Å². The molecule has 4 nitrogen and oxygen atoms in total. The molecule has 1 N–H and O–H groups in total. The zero-order chi connectivity index (χ0) is 13.7. The van der Waals surface area contributed by atoms with Crippen LogP contribution in [-0.2, 0) is 20.0 Å². The van der Waals surface area contributed by atoms with E-state index in [1.165, 1.54) is 7.11 Å². The van der Waals surface area contributed by atoms with Crippen LogP contribution in [0.5, 0.6) is 5.75 Å². The molecule has 0 spiro atoms. The van der Waals surface area contributed by atoms with E-state index in [9.17, 15) is 4.39 Å². The molecule has 0 saturated carbocycles. The molecule has 102 valence electrons. The van der Waals surface area contributed by atoms with Crippen LogP contribution in [0.15, 0.2) is 30.6 Å². The van der Waals surface area contributed by atoms with Gasteiger partial charge in [0.05, 0.1) is 7.11 Å². The normalized spacial score (nSPS) is 10.7. The highest BCUT2D eigenvalue weighted by atomic mass is 19.1. The molecule has 0 amide bonds. The van der Waals surface area contributed by atoms with Crippen molar-refractivity contribution >= 4 is 0 Å². The van der Waals surface area contributed by atoms with Crippen molar-refractivity contribution in [3.63, 3.8) is 0 Å². The summed E-state index contributed by atoms with van der Waals surface area (Å²) in [7, 11) is 3.43. The van der Waals surface area contributed by atoms with Gasteiger partial charge in [0.25, 0.3) is 0 Å². The Morgan fingerprint density at radius 3 is 2.95 bits per heavy atom. The molecule has 0 unspecified atom stereocenters. The minimum atomic E-state index is -0.297. The fourth-order valence-electron chi connectivity index (χ4n) is 1.91. The van der Waals surface area contributed by atoms with Crippen molar-refractivity contribution in [1.29, 1.82) is 0 Å². The lowest BCUT2D eigenvalue weighted by Gasteiger charge is -2.08. The maximum Gasteiger partial charge on any atom is 0.169 e. The fourth-order valence-corrected chi connectivity index (χ4v) is 1.91. The Balaban J connectivity index is 1.85. The van der Waals surface area contributed by atoms with Crippen molar-refractivity contribution in [1.82, 2.24) is 14.9 Å². The number of hydrogen-bond donors (Lipinski definition) is 1. The van der Waals surface area contributed by atoms with Crippen LogP contribution in [0.25, 0.3) is 0 Å². The van der Waals surface area contributed by atoms with Gasteiger partial charge < -0.3 is 14.6 Å². The standard InChI is InChI=1S/C14H18FN3O/c1-18-9-8-17-13(18)6-7-16-10-11-4-3-5-12(19-2)14(11)15/h3-5,8-9,16H,6-7,10H2,1-2H3. The number of nitrogens with one attached hydrogen (secondary N) is 1. The number of hydrogen-bond acceptors (Lipinski definition) is 3. The summed E-state index contributed by atoms with van der Waals surface area (Å²) in [5.74, 6) is 0.997. The molecule has 0 aliphatic heterocycles. The van der Waals surface area contributed by atoms with Crippen molar-refractivity contribution in [3.8, 4) is 5.75 Å². The highest BCUT2D eigenvalue weighted by Gasteiger charge is 2.07. The minimum Gasteiger partial charge on any atom is -0.494 e. The second-order valence-electron chi connectivity index (χ2n) is 4.31. The van der Waals surface area contributed by atoms with Crippen LogP contribution in [0.1, 0.15) is 11.4 Å². The Hall–Kier alpha value is -1.88. The zero-order valence-corrected chi connectivity index (χ0v) is 11.2. The van der Waals surface area contributed by atoms with E-state index in [2.05, 4.69) is 10.3 Å². The predicted molar refractivity (Wildman–Crippen MR) is 71.6 cm³/mol. The SMILES string of the molecule is COc1cccc(CNCCc2nccn2C)c1F. The van der Waals surface area contributed by atoms with Crippen LogP contribution in [0.2, 0.25) is 0 Å². The lowest BCUT2D eigenvalue weighted by atomic mass is 10.2. The minimum absolute atomic E-state index is 0.281. The first kappa shape index (κ1) is 13.5. The van der Waals surface area contributed by atoms with Gasteiger partial charge in [0.1, 0.15) is 5.82 Å². The van der Waals surface area contributed by atoms with Gasteiger partial charge >= 0.3 is 0 Å². The molecule has 0 radical (unpaired) electrons. The van der Waals surface area contributed by atoms with Crippen LogP contribution in [0, 0.1) is 5.82 Å². The first-order valence-electron chi connectivity index (χ1n) is 6.20. The summed E-state index contributed by atoms with van der Waals surface area (Å²) >= 11 is 0. The number of rotatable bonds is 6. The summed E-state index contributed by atoms with van der Waals surface area (Å²) < 4.78 is 20.8. The first-order valence-corrected chi connectivity index (χ1v) is 6.20. The third kappa shape index (κ3) is 3.32. The molecule has 0 bridgehead atoms. The van der Waals surface area contributed by atoms with E-state index in [-0.39, 0.29) is 11.6 Å². The summed E-state index contributed by atoms with van der Waals surface area (Å²) in [6, 6.07) is 5.16. The Morgan fingerprint density at radius 2 is 2.26 bits per heavy atom. The first-order chi connectivity index (χ1) is 9.22. The van der Waals surface area contributed by atoms with E-state index in [0.29, 0.717) is 12.1 Å². The lowest BCUT2D eigenvalue weighted by molar-refractivity contribution is 0.383. The van der Waals surface area contributed by atoms with Crippen LogP contribution in [0.4, 0.5) is 4.39 Å². The molecule has 19 heavy (non-hydrogen) atoms. The smallest absolute Gasteiger partial charge is 0.169 e. The average Bonchev–Trinajstić information content (AvgIpc) is 2.82. The number of ether oxygens (including phenoxy) is 1. The van der Waals surface area contributed by atoms with Gasteiger partial charge in [-0.2, -0.15) is 0 Å². The van der Waals surface area contributed by atoms with Crippen LogP contribution in [0.3, 0.4) is 0 Å². The topological polar surface area (TPSA) is 39.1 Å². The van der Waals surface area contributed by atoms with Crippen LogP contribution in [-0.4, -0.2) is 23.2 Å². The van der Waals surface area contributed by atoms with Crippen LogP contribution < -0.4 is 10.1 Å². The molecule has 2 aromatic rings. The van der Waals surface area contributed by atoms with Gasteiger partial charge in [0.2, 0.25) is 0 Å². The summed E-state index contributed by atoms with van der Waals surface area (Å²) in [4.78, 5) is 4.23. The van der Waals surface area contributed by atoms with E-state index >= 15 is 0 Å². The zero-order valence-electron chi connectivity index (χ0n) is 11.2. The van der Waals surface area contributed by atoms with Gasteiger partial charge in [-0.3, -0.25) is 0 Å². The van der Waals surface area contributed by atoms with E-state index in [0.717, 1.165) is 18.8 Å². The quantitative estimate of drug-likeness (QED) is 0.809. The Bertz CT molecular complexity index is 539. The summed E-state index contributed by atoms with van der Waals surface area (Å²) in [5.41, 5.74) is 0.610. The summed E-state index contributed by atoms with van der Waals surface area (Å²) in [6.45, 7) is 1.23. The number of benzene rings is 1. The molecule has 0 aliphatic carbocycles. The Morgan fingerprint density at radius 1 is 1.42 bits per heavy atom. The second-order valence-corrected chi connectivity index (χ2v) is 4.31. The van der Waals surface area contributed by atoms with Crippen molar-refractivity contribution in [2.75, 3.05) is 13.7 Å². The van der Waals surface area contributed by atoms with Gasteiger partial charge in [-0.15, -0.1) is 0 Å². The van der Waals surface area contributed by atoms with E-state index in [4.69, 9.17) is 4.74 Å². The molecule has 5 heteroatoms. The number of imidazole rings is 1. The lowest BCUT2D eigenvalue weighted by Crippen LogP contribution is -2.19. The van der Waals surface area contributed by atoms with Gasteiger partial charge in [-0.25, -0.2) is 9.37 Å². The third-order valence-corrected chi connectivity index (χ3v) is 3.02. The maximum atomic E-state index is 13.9. The average molecular weight is 263 g/mol. The van der Waals surface area contributed by atoms with Crippen molar-refractivity contribution < 1.29 is 9.13 Å². The third-order valence-electron chi connectivity index (χ3n) is 3.02. The largest absolute Gasteiger partial charge is 0.494 e. The number of aromatic nitrogens is 2. The summed E-state index contributed by atoms with van der Waals surface area (Å²) in [6.07, 6.45) is 4.50. The molecule has 0 saturated heterocycles. The van der Waals surface area contributed by atoms with Gasteiger partial charge in [-0.1, -0.05) is 12.1 Å². The van der Waals surface area contributed by atoms with Crippen molar-refractivity contribution in [3.05, 3.63) is 47.8 Å². The highest BCUT2D eigenvalue weighted by Crippen LogP contribution is 2.19. The van der Waals surface area contributed by atoms with Gasteiger partial charge in [-0.05, 0) is 6.07 Å². The molecule has 1 aromatic heterocycles. The molecule has 1 aromatic carbocycles. The fraction of sp³-hybridized carbons (Fsp3) is 0.357. The van der Waals surface area contributed by atoms with Crippen LogP contribution >= 0.6 is 0 Å². The molecular weight excluding hydrogens is 245 g/mol. The number of halogens is 1. The highest BCUT2D eigenvalue weighted by molar-refractivity contribution is 5.30.